The summed E-state index contributed by atoms with van der Waals surface area (Å²) in [5.74, 6) is -0.685. The van der Waals surface area contributed by atoms with Crippen LogP contribution in [0.3, 0.4) is 0 Å². The second-order valence-corrected chi connectivity index (χ2v) is 9.65. The van der Waals surface area contributed by atoms with Gasteiger partial charge in [-0.3, -0.25) is 4.79 Å². The first-order valence-electron chi connectivity index (χ1n) is 9.83. The Bertz CT molecular complexity index is 1110. The minimum atomic E-state index is -4.57. The molecule has 1 heterocycles. The highest BCUT2D eigenvalue weighted by atomic mass is 32.2. The van der Waals surface area contributed by atoms with Crippen LogP contribution in [0.25, 0.3) is 0 Å². The Labute approximate surface area is 184 Å². The van der Waals surface area contributed by atoms with Gasteiger partial charge in [0.05, 0.1) is 24.0 Å². The minimum absolute atomic E-state index is 0.0135. The molecule has 7 nitrogen and oxygen atoms in total. The number of rotatable bonds is 6. The number of alkyl halides is 3. The van der Waals surface area contributed by atoms with E-state index in [4.69, 9.17) is 4.74 Å². The Morgan fingerprint density at radius 1 is 1.09 bits per heavy atom. The average molecular weight is 472 g/mol. The Balaban J connectivity index is 2.01. The molecule has 2 aromatic carbocycles. The number of anilines is 2. The van der Waals surface area contributed by atoms with E-state index in [0.29, 0.717) is 18.8 Å². The van der Waals surface area contributed by atoms with Crippen LogP contribution in [-0.2, 0) is 16.2 Å². The predicted molar refractivity (Wildman–Crippen MR) is 115 cm³/mol. The highest BCUT2D eigenvalue weighted by Crippen LogP contribution is 2.37. The molecular formula is C21H24F3N3O4S. The number of carbonyl (C=O) groups excluding carboxylic acids is 1. The topological polar surface area (TPSA) is 79.0 Å². The van der Waals surface area contributed by atoms with E-state index in [-0.39, 0.29) is 21.9 Å². The number of sulfonamides is 1. The van der Waals surface area contributed by atoms with Gasteiger partial charge >= 0.3 is 6.18 Å². The van der Waals surface area contributed by atoms with Crippen LogP contribution in [0, 0.1) is 0 Å². The number of ether oxygens (including phenoxy) is 1. The van der Waals surface area contributed by atoms with Crippen molar-refractivity contribution in [3.05, 3.63) is 47.5 Å². The lowest BCUT2D eigenvalue weighted by atomic mass is 10.1. The first-order chi connectivity index (χ1) is 14.9. The summed E-state index contributed by atoms with van der Waals surface area (Å²) >= 11 is 0. The third-order valence-electron chi connectivity index (χ3n) is 5.20. The first-order valence-corrected chi connectivity index (χ1v) is 11.3. The molecule has 0 aliphatic carbocycles. The first kappa shape index (κ1) is 23.9. The molecule has 0 radical (unpaired) electrons. The largest absolute Gasteiger partial charge is 0.495 e. The second-order valence-electron chi connectivity index (χ2n) is 7.53. The smallest absolute Gasteiger partial charge is 0.416 e. The van der Waals surface area contributed by atoms with Gasteiger partial charge < -0.3 is 15.0 Å². The Hall–Kier alpha value is -2.79. The number of halogens is 3. The molecular weight excluding hydrogens is 447 g/mol. The number of amides is 1. The molecule has 2 aromatic rings. The van der Waals surface area contributed by atoms with E-state index in [1.165, 1.54) is 39.4 Å². The van der Waals surface area contributed by atoms with Crippen molar-refractivity contribution >= 4 is 27.3 Å². The molecule has 174 valence electrons. The Morgan fingerprint density at radius 3 is 2.31 bits per heavy atom. The van der Waals surface area contributed by atoms with E-state index in [1.807, 2.05) is 4.90 Å². The maximum absolute atomic E-state index is 13.3. The summed E-state index contributed by atoms with van der Waals surface area (Å²) in [5.41, 5.74) is -0.421. The van der Waals surface area contributed by atoms with Crippen LogP contribution in [0.4, 0.5) is 24.5 Å². The molecule has 0 unspecified atom stereocenters. The van der Waals surface area contributed by atoms with Gasteiger partial charge in [0.2, 0.25) is 10.0 Å². The van der Waals surface area contributed by atoms with Crippen LogP contribution < -0.4 is 15.0 Å². The molecule has 32 heavy (non-hydrogen) atoms. The van der Waals surface area contributed by atoms with Crippen LogP contribution in [-0.4, -0.2) is 52.9 Å². The molecule has 1 fully saturated rings. The van der Waals surface area contributed by atoms with E-state index >= 15 is 0 Å². The lowest BCUT2D eigenvalue weighted by Crippen LogP contribution is -2.24. The summed E-state index contributed by atoms with van der Waals surface area (Å²) < 4.78 is 71.1. The summed E-state index contributed by atoms with van der Waals surface area (Å²) in [6, 6.07) is 7.06. The molecule has 0 bridgehead atoms. The second kappa shape index (κ2) is 8.99. The number of hydrogen-bond acceptors (Lipinski definition) is 5. The van der Waals surface area contributed by atoms with Gasteiger partial charge in [0.15, 0.2) is 0 Å². The number of hydrogen-bond donors (Lipinski definition) is 1. The highest BCUT2D eigenvalue weighted by molar-refractivity contribution is 7.89. The molecule has 1 N–H and O–H groups in total. The molecule has 0 atom stereocenters. The number of carbonyl (C=O) groups is 1. The van der Waals surface area contributed by atoms with Gasteiger partial charge in [0, 0.05) is 32.7 Å². The van der Waals surface area contributed by atoms with E-state index < -0.39 is 27.7 Å². The lowest BCUT2D eigenvalue weighted by Gasteiger charge is -2.23. The molecule has 0 spiro atoms. The molecule has 1 aliphatic rings. The van der Waals surface area contributed by atoms with Crippen molar-refractivity contribution in [3.8, 4) is 5.75 Å². The van der Waals surface area contributed by atoms with Gasteiger partial charge in [0.1, 0.15) is 10.6 Å². The summed E-state index contributed by atoms with van der Waals surface area (Å²) in [6.45, 7) is 1.34. The van der Waals surface area contributed by atoms with Crippen molar-refractivity contribution in [1.29, 1.82) is 0 Å². The molecule has 3 rings (SSSR count). The summed E-state index contributed by atoms with van der Waals surface area (Å²) in [7, 11) is 0.0553. The molecule has 0 saturated carbocycles. The third kappa shape index (κ3) is 4.83. The molecule has 1 amide bonds. The van der Waals surface area contributed by atoms with Gasteiger partial charge in [-0.25, -0.2) is 12.7 Å². The van der Waals surface area contributed by atoms with Crippen LogP contribution in [0.15, 0.2) is 41.3 Å². The average Bonchev–Trinajstić information content (AvgIpc) is 3.27. The van der Waals surface area contributed by atoms with Crippen molar-refractivity contribution in [2.45, 2.75) is 23.9 Å². The highest BCUT2D eigenvalue weighted by Gasteiger charge is 2.32. The predicted octanol–water partition coefficient (Wildman–Crippen LogP) is 3.82. The van der Waals surface area contributed by atoms with Crippen LogP contribution >= 0.6 is 0 Å². The summed E-state index contributed by atoms with van der Waals surface area (Å²) in [4.78, 5) is 14.6. The lowest BCUT2D eigenvalue weighted by molar-refractivity contribution is -0.137. The van der Waals surface area contributed by atoms with E-state index in [0.717, 1.165) is 35.3 Å². The monoisotopic (exact) mass is 471 g/mol. The fourth-order valence-electron chi connectivity index (χ4n) is 3.46. The number of nitrogens with zero attached hydrogens (tertiary/aromatic N) is 2. The number of methoxy groups -OCH3 is 1. The number of benzene rings is 2. The van der Waals surface area contributed by atoms with E-state index in [2.05, 4.69) is 5.32 Å². The summed E-state index contributed by atoms with van der Waals surface area (Å²) in [5, 5.41) is 2.53. The normalized spacial score (nSPS) is 14.7. The maximum atomic E-state index is 13.3. The van der Waals surface area contributed by atoms with E-state index in [9.17, 15) is 26.4 Å². The fraction of sp³-hybridized carbons (Fsp3) is 0.381. The quantitative estimate of drug-likeness (QED) is 0.693. The minimum Gasteiger partial charge on any atom is -0.495 e. The molecule has 11 heteroatoms. The van der Waals surface area contributed by atoms with Crippen molar-refractivity contribution in [2.24, 2.45) is 0 Å². The Kier molecular flexibility index (Phi) is 6.70. The standard InChI is InChI=1S/C21H24F3N3O4S/c1-26(2)32(29,30)19-12-14(6-9-18(19)31-3)20(28)25-16-13-15(21(22,23)24)7-8-17(16)27-10-4-5-11-27/h6-9,12-13H,4-5,10-11H2,1-3H3,(H,25,28). The van der Waals surface area contributed by atoms with Crippen molar-refractivity contribution < 1.29 is 31.1 Å². The van der Waals surface area contributed by atoms with Crippen molar-refractivity contribution in [1.82, 2.24) is 4.31 Å². The van der Waals surface area contributed by atoms with Gasteiger partial charge in [-0.2, -0.15) is 13.2 Å². The number of nitrogens with one attached hydrogen (secondary N) is 1. The molecule has 0 aromatic heterocycles. The van der Waals surface area contributed by atoms with Gasteiger partial charge in [-0.15, -0.1) is 0 Å². The van der Waals surface area contributed by atoms with Gasteiger partial charge in [-0.05, 0) is 49.2 Å². The zero-order valence-electron chi connectivity index (χ0n) is 17.9. The van der Waals surface area contributed by atoms with Gasteiger partial charge in [0.25, 0.3) is 5.91 Å². The van der Waals surface area contributed by atoms with Gasteiger partial charge in [-0.1, -0.05) is 0 Å². The molecule has 1 aliphatic heterocycles. The van der Waals surface area contributed by atoms with Crippen LogP contribution in [0.5, 0.6) is 5.75 Å². The Morgan fingerprint density at radius 2 is 1.75 bits per heavy atom. The van der Waals surface area contributed by atoms with Crippen molar-refractivity contribution in [3.63, 3.8) is 0 Å². The van der Waals surface area contributed by atoms with Crippen molar-refractivity contribution in [2.75, 3.05) is 44.5 Å². The summed E-state index contributed by atoms with van der Waals surface area (Å²) in [6.07, 6.45) is -2.77. The maximum Gasteiger partial charge on any atom is 0.416 e. The van der Waals surface area contributed by atoms with Crippen LogP contribution in [0.2, 0.25) is 0 Å². The van der Waals surface area contributed by atoms with E-state index in [1.54, 1.807) is 0 Å². The molecule has 1 saturated heterocycles. The third-order valence-corrected chi connectivity index (χ3v) is 7.04. The zero-order chi connectivity index (χ0) is 23.7. The fourth-order valence-corrected chi connectivity index (χ4v) is 4.53. The zero-order valence-corrected chi connectivity index (χ0v) is 18.7. The van der Waals surface area contributed by atoms with Crippen LogP contribution in [0.1, 0.15) is 28.8 Å². The SMILES string of the molecule is COc1ccc(C(=O)Nc2cc(C(F)(F)F)ccc2N2CCCC2)cc1S(=O)(=O)N(C)C.